The average molecular weight is 211 g/mol. The zero-order valence-electron chi connectivity index (χ0n) is 8.12. The monoisotopic (exact) mass is 210 g/mol. The first kappa shape index (κ1) is 9.94. The van der Waals surface area contributed by atoms with Crippen molar-refractivity contribution in [2.45, 2.75) is 31.7 Å². The molecule has 0 amide bonds. The quantitative estimate of drug-likeness (QED) is 0.776. The fourth-order valence-corrected chi connectivity index (χ4v) is 2.53. The summed E-state index contributed by atoms with van der Waals surface area (Å²) in [6.45, 7) is 0. The maximum absolute atomic E-state index is 5.79. The highest BCUT2D eigenvalue weighted by Gasteiger charge is 2.26. The molecule has 14 heavy (non-hydrogen) atoms. The Labute approximate surface area is 89.8 Å². The van der Waals surface area contributed by atoms with Crippen molar-refractivity contribution < 1.29 is 0 Å². The van der Waals surface area contributed by atoms with Gasteiger partial charge in [0.1, 0.15) is 0 Å². The maximum Gasteiger partial charge on any atom is 0.0670 e. The minimum atomic E-state index is 0.223. The molecule has 1 aliphatic rings. The number of hydrogen-bond acceptors (Lipinski definition) is 2. The lowest BCUT2D eigenvalue weighted by atomic mass is 9.96. The molecule has 0 aromatic carbocycles. The predicted octanol–water partition coefficient (Wildman–Crippen LogP) is 3.06. The molecule has 76 valence electrons. The van der Waals surface area contributed by atoms with Gasteiger partial charge in [0.25, 0.3) is 0 Å². The third kappa shape index (κ3) is 2.07. The molecule has 2 nitrogen and oxygen atoms in total. The van der Waals surface area contributed by atoms with Crippen LogP contribution in [0.2, 0.25) is 0 Å². The molecule has 0 spiro atoms. The van der Waals surface area contributed by atoms with Crippen LogP contribution >= 0.6 is 11.8 Å². The third-order valence-electron chi connectivity index (χ3n) is 3.00. The summed E-state index contributed by atoms with van der Waals surface area (Å²) in [4.78, 5) is 7.22. The molecule has 0 unspecified atom stereocenters. The Bertz CT molecular complexity index is 270. The third-order valence-corrected chi connectivity index (χ3v) is 3.23. The van der Waals surface area contributed by atoms with E-state index < -0.39 is 0 Å². The van der Waals surface area contributed by atoms with Crippen molar-refractivity contribution in [3.05, 3.63) is 30.1 Å². The Balaban J connectivity index is 2.12. The standard InChI is InChI=1S/C11H15ClN2/c12-14-11(9-5-1-2-6-9)10-7-3-4-8-13-10/h3-4,7-9,11,14H,1-2,5-6H2/t11-/m0/s1. The highest BCUT2D eigenvalue weighted by molar-refractivity contribution is 6.13. The van der Waals surface area contributed by atoms with Crippen LogP contribution in [0.5, 0.6) is 0 Å². The lowest BCUT2D eigenvalue weighted by molar-refractivity contribution is 0.412. The van der Waals surface area contributed by atoms with Crippen LogP contribution in [0.25, 0.3) is 0 Å². The summed E-state index contributed by atoms with van der Waals surface area (Å²) in [6.07, 6.45) is 7.01. The summed E-state index contributed by atoms with van der Waals surface area (Å²) < 4.78 is 0. The van der Waals surface area contributed by atoms with Gasteiger partial charge in [0.15, 0.2) is 0 Å². The molecule has 3 heteroatoms. The van der Waals surface area contributed by atoms with Crippen LogP contribution in [0.4, 0.5) is 0 Å². The van der Waals surface area contributed by atoms with Crippen molar-refractivity contribution in [1.82, 2.24) is 9.82 Å². The minimum Gasteiger partial charge on any atom is -0.260 e. The van der Waals surface area contributed by atoms with Crippen LogP contribution < -0.4 is 4.84 Å². The molecule has 2 rings (SSSR count). The predicted molar refractivity (Wildman–Crippen MR) is 57.9 cm³/mol. The molecule has 1 fully saturated rings. The zero-order chi connectivity index (χ0) is 9.80. The van der Waals surface area contributed by atoms with E-state index in [0.717, 1.165) is 5.69 Å². The van der Waals surface area contributed by atoms with E-state index in [9.17, 15) is 0 Å². The molecular weight excluding hydrogens is 196 g/mol. The van der Waals surface area contributed by atoms with Crippen LogP contribution in [0, 0.1) is 5.92 Å². The summed E-state index contributed by atoms with van der Waals surface area (Å²) in [7, 11) is 0. The molecule has 0 aliphatic heterocycles. The van der Waals surface area contributed by atoms with Gasteiger partial charge in [-0.3, -0.25) is 4.98 Å². The maximum atomic E-state index is 5.79. The van der Waals surface area contributed by atoms with Gasteiger partial charge in [-0.2, -0.15) is 0 Å². The Hall–Kier alpha value is -0.600. The Kier molecular flexibility index (Phi) is 3.38. The van der Waals surface area contributed by atoms with Crippen molar-refractivity contribution >= 4 is 11.8 Å². The van der Waals surface area contributed by atoms with E-state index >= 15 is 0 Å². The van der Waals surface area contributed by atoms with E-state index in [0.29, 0.717) is 5.92 Å². The first-order valence-electron chi connectivity index (χ1n) is 5.19. The fourth-order valence-electron chi connectivity index (χ4n) is 2.24. The smallest absolute Gasteiger partial charge is 0.0670 e. The van der Waals surface area contributed by atoms with E-state index in [1.807, 2.05) is 24.4 Å². The molecule has 1 N–H and O–H groups in total. The molecule has 1 saturated carbocycles. The number of halogens is 1. The lowest BCUT2D eigenvalue weighted by Crippen LogP contribution is -2.20. The molecule has 0 saturated heterocycles. The highest BCUT2D eigenvalue weighted by atomic mass is 35.5. The van der Waals surface area contributed by atoms with Crippen LogP contribution in [0.1, 0.15) is 37.4 Å². The van der Waals surface area contributed by atoms with Gasteiger partial charge >= 0.3 is 0 Å². The van der Waals surface area contributed by atoms with Crippen LogP contribution in [-0.2, 0) is 0 Å². The number of pyridine rings is 1. The molecule has 1 aromatic rings. The van der Waals surface area contributed by atoms with E-state index in [1.54, 1.807) is 0 Å². The average Bonchev–Trinajstić information content (AvgIpc) is 2.74. The minimum absolute atomic E-state index is 0.223. The van der Waals surface area contributed by atoms with Gasteiger partial charge in [-0.1, -0.05) is 18.9 Å². The van der Waals surface area contributed by atoms with Gasteiger partial charge in [0, 0.05) is 6.20 Å². The second-order valence-electron chi connectivity index (χ2n) is 3.89. The zero-order valence-corrected chi connectivity index (χ0v) is 8.87. The van der Waals surface area contributed by atoms with Crippen LogP contribution in [0.3, 0.4) is 0 Å². The summed E-state index contributed by atoms with van der Waals surface area (Å²) in [6, 6.07) is 6.21. The Morgan fingerprint density at radius 3 is 2.71 bits per heavy atom. The van der Waals surface area contributed by atoms with Gasteiger partial charge in [0.2, 0.25) is 0 Å². The fraction of sp³-hybridized carbons (Fsp3) is 0.545. The summed E-state index contributed by atoms with van der Waals surface area (Å²) in [5, 5.41) is 0. The van der Waals surface area contributed by atoms with Crippen molar-refractivity contribution in [3.63, 3.8) is 0 Å². The molecule has 1 aromatic heterocycles. The highest BCUT2D eigenvalue weighted by Crippen LogP contribution is 2.35. The van der Waals surface area contributed by atoms with Crippen molar-refractivity contribution in [3.8, 4) is 0 Å². The van der Waals surface area contributed by atoms with Crippen molar-refractivity contribution in [2.75, 3.05) is 0 Å². The summed E-state index contributed by atoms with van der Waals surface area (Å²) in [5.74, 6) is 0.655. The molecule has 0 bridgehead atoms. The summed E-state index contributed by atoms with van der Waals surface area (Å²) in [5.41, 5.74) is 1.06. The van der Waals surface area contributed by atoms with Crippen molar-refractivity contribution in [2.24, 2.45) is 5.92 Å². The van der Waals surface area contributed by atoms with Crippen LogP contribution in [-0.4, -0.2) is 4.98 Å². The number of nitrogens with one attached hydrogen (secondary N) is 1. The topological polar surface area (TPSA) is 24.9 Å². The second kappa shape index (κ2) is 4.76. The normalized spacial score (nSPS) is 19.8. The first-order chi connectivity index (χ1) is 6.92. The van der Waals surface area contributed by atoms with Gasteiger partial charge in [-0.05, 0) is 42.7 Å². The van der Waals surface area contributed by atoms with Crippen molar-refractivity contribution in [1.29, 1.82) is 0 Å². The van der Waals surface area contributed by atoms with E-state index in [4.69, 9.17) is 11.8 Å². The Morgan fingerprint density at radius 1 is 1.36 bits per heavy atom. The SMILES string of the molecule is ClN[C@H](c1ccccn1)C1CCCC1. The van der Waals surface area contributed by atoms with Crippen LogP contribution in [0.15, 0.2) is 24.4 Å². The second-order valence-corrected chi connectivity index (χ2v) is 4.10. The lowest BCUT2D eigenvalue weighted by Gasteiger charge is -2.20. The molecule has 1 heterocycles. The number of rotatable bonds is 3. The Morgan fingerprint density at radius 2 is 2.14 bits per heavy atom. The molecule has 1 aliphatic carbocycles. The van der Waals surface area contributed by atoms with Gasteiger partial charge in [-0.25, -0.2) is 4.84 Å². The van der Waals surface area contributed by atoms with Gasteiger partial charge < -0.3 is 0 Å². The van der Waals surface area contributed by atoms with E-state index in [1.165, 1.54) is 25.7 Å². The van der Waals surface area contributed by atoms with E-state index in [-0.39, 0.29) is 6.04 Å². The molecular formula is C11H15ClN2. The first-order valence-corrected chi connectivity index (χ1v) is 5.56. The van der Waals surface area contributed by atoms with E-state index in [2.05, 4.69) is 9.82 Å². The van der Waals surface area contributed by atoms with Gasteiger partial charge in [-0.15, -0.1) is 0 Å². The molecule has 1 atom stereocenters. The summed E-state index contributed by atoms with van der Waals surface area (Å²) >= 11 is 5.79. The molecule has 0 radical (unpaired) electrons. The largest absolute Gasteiger partial charge is 0.260 e. The number of aromatic nitrogens is 1. The number of nitrogens with zero attached hydrogens (tertiary/aromatic N) is 1. The number of hydrogen-bond donors (Lipinski definition) is 1. The van der Waals surface area contributed by atoms with Gasteiger partial charge in [0.05, 0.1) is 11.7 Å².